The molecule has 3 saturated heterocycles. The molecule has 0 aliphatic carbocycles. The molecular formula is C31H45N9O2. The molecule has 3 fully saturated rings. The molecule has 226 valence electrons. The second-order valence-electron chi connectivity index (χ2n) is 11.7. The van der Waals surface area contributed by atoms with Gasteiger partial charge in [-0.25, -0.2) is 9.97 Å². The number of piperidine rings is 1. The van der Waals surface area contributed by atoms with Crippen LogP contribution in [0.15, 0.2) is 36.9 Å². The zero-order chi connectivity index (χ0) is 29.8. The topological polar surface area (TPSA) is 114 Å². The van der Waals surface area contributed by atoms with Crippen LogP contribution in [0.2, 0.25) is 0 Å². The van der Waals surface area contributed by atoms with E-state index in [1.54, 1.807) is 0 Å². The highest BCUT2D eigenvalue weighted by Gasteiger charge is 2.30. The predicted molar refractivity (Wildman–Crippen MR) is 168 cm³/mol. The lowest BCUT2D eigenvalue weighted by Gasteiger charge is -2.42. The van der Waals surface area contributed by atoms with Gasteiger partial charge in [-0.15, -0.1) is 0 Å². The van der Waals surface area contributed by atoms with Crippen molar-refractivity contribution in [2.75, 3.05) is 81.1 Å². The Hall–Kier alpha value is -3.70. The average Bonchev–Trinajstić information content (AvgIpc) is 3.01. The fourth-order valence-electron chi connectivity index (χ4n) is 6.37. The largest absolute Gasteiger partial charge is 0.371 e. The van der Waals surface area contributed by atoms with Crippen LogP contribution in [0.3, 0.4) is 0 Å². The van der Waals surface area contributed by atoms with Crippen molar-refractivity contribution in [3.8, 4) is 0 Å². The van der Waals surface area contributed by atoms with E-state index in [9.17, 15) is 9.59 Å². The van der Waals surface area contributed by atoms with Crippen molar-refractivity contribution in [3.05, 3.63) is 48.3 Å². The Labute approximate surface area is 249 Å². The minimum atomic E-state index is -0.624. The number of amides is 2. The lowest BCUT2D eigenvalue weighted by atomic mass is 10.0. The zero-order valence-electron chi connectivity index (χ0n) is 25.3. The summed E-state index contributed by atoms with van der Waals surface area (Å²) >= 11 is 0. The van der Waals surface area contributed by atoms with Crippen LogP contribution in [-0.4, -0.2) is 115 Å². The molecule has 5 rings (SSSR count). The Bertz CT molecular complexity index is 1270. The molecule has 3 N–H and O–H groups in total. The summed E-state index contributed by atoms with van der Waals surface area (Å²) in [5.74, 6) is 0.356. The smallest absolute Gasteiger partial charge is 0.271 e. The molecule has 2 amide bonds. The van der Waals surface area contributed by atoms with Crippen LogP contribution in [0, 0.1) is 0 Å². The number of aryl methyl sites for hydroxylation is 1. The molecule has 0 unspecified atom stereocenters. The summed E-state index contributed by atoms with van der Waals surface area (Å²) in [6.07, 6.45) is 4.32. The van der Waals surface area contributed by atoms with E-state index in [1.165, 1.54) is 37.7 Å². The second-order valence-corrected chi connectivity index (χ2v) is 11.7. The van der Waals surface area contributed by atoms with E-state index in [0.717, 1.165) is 31.9 Å². The van der Waals surface area contributed by atoms with E-state index < -0.39 is 5.91 Å². The van der Waals surface area contributed by atoms with Gasteiger partial charge < -0.3 is 30.7 Å². The zero-order valence-corrected chi connectivity index (χ0v) is 25.3. The van der Waals surface area contributed by atoms with Gasteiger partial charge in [0, 0.05) is 82.4 Å². The lowest BCUT2D eigenvalue weighted by Crippen LogP contribution is -2.54. The number of likely N-dealkylation sites (N-methyl/N-ethyl adjacent to an activating group) is 1. The molecule has 11 nitrogen and oxygen atoms in total. The van der Waals surface area contributed by atoms with Crippen LogP contribution in [0.25, 0.3) is 0 Å². The summed E-state index contributed by atoms with van der Waals surface area (Å²) in [5, 5.41) is 3.31. The number of carbonyl (C=O) groups is 2. The van der Waals surface area contributed by atoms with Crippen molar-refractivity contribution < 1.29 is 9.59 Å². The predicted octanol–water partition coefficient (Wildman–Crippen LogP) is 2.32. The Morgan fingerprint density at radius 1 is 1.00 bits per heavy atom. The van der Waals surface area contributed by atoms with Crippen LogP contribution in [0.5, 0.6) is 0 Å². The molecule has 3 aliphatic heterocycles. The number of anilines is 4. The van der Waals surface area contributed by atoms with Crippen LogP contribution >= 0.6 is 0 Å². The van der Waals surface area contributed by atoms with Gasteiger partial charge in [0.25, 0.3) is 5.91 Å². The Kier molecular flexibility index (Phi) is 9.27. The minimum absolute atomic E-state index is 0.0119. The molecule has 1 aromatic carbocycles. The van der Waals surface area contributed by atoms with Gasteiger partial charge >= 0.3 is 0 Å². The van der Waals surface area contributed by atoms with E-state index in [1.807, 2.05) is 30.9 Å². The number of benzene rings is 1. The number of hydrogen-bond donors (Lipinski definition) is 2. The summed E-state index contributed by atoms with van der Waals surface area (Å²) in [7, 11) is 2.20. The van der Waals surface area contributed by atoms with Gasteiger partial charge in [-0.05, 0) is 63.6 Å². The van der Waals surface area contributed by atoms with Gasteiger partial charge in [0.2, 0.25) is 5.91 Å². The highest BCUT2D eigenvalue weighted by atomic mass is 16.2. The Morgan fingerprint density at radius 2 is 1.69 bits per heavy atom. The van der Waals surface area contributed by atoms with E-state index in [4.69, 9.17) is 10.7 Å². The molecule has 2 aromatic rings. The summed E-state index contributed by atoms with van der Waals surface area (Å²) in [5.41, 5.74) is 8.58. The van der Waals surface area contributed by atoms with E-state index in [0.29, 0.717) is 49.4 Å². The molecule has 0 saturated carbocycles. The number of nitrogens with one attached hydrogen (secondary N) is 1. The number of rotatable bonds is 8. The first kappa shape index (κ1) is 29.8. The minimum Gasteiger partial charge on any atom is -0.371 e. The summed E-state index contributed by atoms with van der Waals surface area (Å²) in [4.78, 5) is 45.6. The van der Waals surface area contributed by atoms with Gasteiger partial charge in [0.05, 0.1) is 5.69 Å². The highest BCUT2D eigenvalue weighted by Crippen LogP contribution is 2.29. The fourth-order valence-corrected chi connectivity index (χ4v) is 6.37. The van der Waals surface area contributed by atoms with Crippen molar-refractivity contribution in [3.63, 3.8) is 0 Å². The van der Waals surface area contributed by atoms with Gasteiger partial charge in [-0.2, -0.15) is 0 Å². The number of piperazine rings is 2. The van der Waals surface area contributed by atoms with Gasteiger partial charge in [0.15, 0.2) is 17.3 Å². The average molecular weight is 576 g/mol. The second kappa shape index (κ2) is 13.1. The first-order valence-electron chi connectivity index (χ1n) is 15.2. The standard InChI is InChI=1S/C31H45N9O2/c1-5-26-31(39-19-20-40(22(3)21-39)27(41)6-2)35-30(28(34-26)29(32)42)33-23-7-9-24(10-8-23)37-13-11-25(12-14-37)38-17-15-36(4)16-18-38/h6-10,22,25H,2,5,11-21H2,1,3-4H3,(H2,32,42)(H,33,35)/t22-/m1/s1. The fraction of sp³-hybridized carbons (Fsp3) is 0.548. The first-order valence-corrected chi connectivity index (χ1v) is 15.2. The van der Waals surface area contributed by atoms with Gasteiger partial charge in [-0.1, -0.05) is 13.5 Å². The van der Waals surface area contributed by atoms with Crippen molar-refractivity contribution in [2.24, 2.45) is 5.73 Å². The van der Waals surface area contributed by atoms with Crippen LogP contribution in [0.1, 0.15) is 42.9 Å². The lowest BCUT2D eigenvalue weighted by molar-refractivity contribution is -0.128. The summed E-state index contributed by atoms with van der Waals surface area (Å²) < 4.78 is 0. The summed E-state index contributed by atoms with van der Waals surface area (Å²) in [6.45, 7) is 16.2. The van der Waals surface area contributed by atoms with Gasteiger partial charge in [-0.3, -0.25) is 14.5 Å². The van der Waals surface area contributed by atoms with Crippen LogP contribution < -0.4 is 20.9 Å². The van der Waals surface area contributed by atoms with E-state index in [2.05, 4.69) is 55.7 Å². The molecule has 0 radical (unpaired) electrons. The van der Waals surface area contributed by atoms with E-state index in [-0.39, 0.29) is 17.6 Å². The third-order valence-electron chi connectivity index (χ3n) is 8.91. The number of nitrogens with two attached hydrogens (primary N) is 1. The maximum Gasteiger partial charge on any atom is 0.271 e. The normalized spacial score (nSPS) is 20.9. The number of nitrogens with zero attached hydrogens (tertiary/aromatic N) is 7. The van der Waals surface area contributed by atoms with E-state index >= 15 is 0 Å². The molecule has 0 bridgehead atoms. The molecule has 3 aliphatic rings. The maximum atomic E-state index is 12.4. The molecule has 4 heterocycles. The molecular weight excluding hydrogens is 530 g/mol. The monoisotopic (exact) mass is 575 g/mol. The third-order valence-corrected chi connectivity index (χ3v) is 8.91. The molecule has 42 heavy (non-hydrogen) atoms. The van der Waals surface area contributed by atoms with Crippen molar-refractivity contribution in [1.29, 1.82) is 0 Å². The molecule has 0 spiro atoms. The van der Waals surface area contributed by atoms with Crippen LogP contribution in [0.4, 0.5) is 23.0 Å². The van der Waals surface area contributed by atoms with Crippen molar-refractivity contribution >= 4 is 34.8 Å². The quantitative estimate of drug-likeness (QED) is 0.458. The molecule has 11 heteroatoms. The molecule has 1 atom stereocenters. The summed E-state index contributed by atoms with van der Waals surface area (Å²) in [6, 6.07) is 8.94. The number of hydrogen-bond acceptors (Lipinski definition) is 9. The van der Waals surface area contributed by atoms with Crippen molar-refractivity contribution in [1.82, 2.24) is 24.7 Å². The number of primary amides is 1. The van der Waals surface area contributed by atoms with Crippen molar-refractivity contribution in [2.45, 2.75) is 45.2 Å². The highest BCUT2D eigenvalue weighted by molar-refractivity contribution is 5.96. The molecule has 1 aromatic heterocycles. The SMILES string of the molecule is C=CC(=O)N1CCN(c2nc(Nc3ccc(N4CCC(N5CCN(C)CC5)CC4)cc3)c(C(N)=O)nc2CC)C[C@H]1C. The third kappa shape index (κ3) is 6.52. The maximum absolute atomic E-state index is 12.4. The Balaban J connectivity index is 1.27. The number of carbonyl (C=O) groups excluding carboxylic acids is 2. The number of aromatic nitrogens is 2. The van der Waals surface area contributed by atoms with Gasteiger partial charge in [0.1, 0.15) is 0 Å². The van der Waals surface area contributed by atoms with Crippen LogP contribution in [-0.2, 0) is 11.2 Å². The Morgan fingerprint density at radius 3 is 2.29 bits per heavy atom. The first-order chi connectivity index (χ1) is 20.3.